The second-order valence-electron chi connectivity index (χ2n) is 17.3. The van der Waals surface area contributed by atoms with Crippen molar-refractivity contribution in [3.63, 3.8) is 0 Å². The number of benzene rings is 2. The van der Waals surface area contributed by atoms with Gasteiger partial charge in [-0.3, -0.25) is 38.4 Å². The molecule has 16 N–H and O–H groups in total. The summed E-state index contributed by atoms with van der Waals surface area (Å²) in [4.78, 5) is 122. The Kier molecular flexibility index (Phi) is 22.0. The third-order valence-corrected chi connectivity index (χ3v) is 11.3. The molecule has 3 aromatic rings. The number of phenols is 1. The normalized spacial score (nSPS) is 15.1. The molecule has 3 rings (SSSR count). The number of amides is 8. The van der Waals surface area contributed by atoms with Gasteiger partial charge >= 0.3 is 5.97 Å². The largest absolute Gasteiger partial charge is 0.508 e. The Morgan fingerprint density at radius 2 is 1.22 bits per heavy atom. The zero-order valence-corrected chi connectivity index (χ0v) is 39.2. The van der Waals surface area contributed by atoms with E-state index in [1.54, 1.807) is 58.2 Å². The number of aromatic amines is 1. The number of carboxylic acid groups (broad SMARTS) is 1. The van der Waals surface area contributed by atoms with Crippen molar-refractivity contribution in [2.75, 3.05) is 13.2 Å². The van der Waals surface area contributed by atoms with Gasteiger partial charge in [0.1, 0.15) is 48.0 Å². The minimum atomic E-state index is -1.80. The first-order valence-electron chi connectivity index (χ1n) is 22.5. The highest BCUT2D eigenvalue weighted by atomic mass is 16.4. The first kappa shape index (κ1) is 56.2. The smallest absolute Gasteiger partial charge is 0.326 e. The van der Waals surface area contributed by atoms with Crippen LogP contribution in [0.25, 0.3) is 10.9 Å². The summed E-state index contributed by atoms with van der Waals surface area (Å²) >= 11 is 0. The molecule has 0 aliphatic heterocycles. The Balaban J connectivity index is 1.83. The molecular weight excluding hydrogens is 901 g/mol. The molecule has 1 heterocycles. The molecule has 0 saturated heterocycles. The number of hydrogen-bond donors (Lipinski definition) is 14. The van der Waals surface area contributed by atoms with Gasteiger partial charge in [0.05, 0.1) is 19.3 Å². The Labute approximate surface area is 398 Å². The number of phenolic OH excluding ortho intramolecular Hbond substituents is 1. The molecule has 69 heavy (non-hydrogen) atoms. The molecule has 0 radical (unpaired) electrons. The third-order valence-electron chi connectivity index (χ3n) is 11.3. The van der Waals surface area contributed by atoms with Crippen molar-refractivity contribution in [1.29, 1.82) is 0 Å². The summed E-state index contributed by atoms with van der Waals surface area (Å²) in [5.74, 6) is -9.40. The van der Waals surface area contributed by atoms with Gasteiger partial charge in [0.15, 0.2) is 0 Å². The van der Waals surface area contributed by atoms with E-state index in [2.05, 4.69) is 42.2 Å². The average molecular weight is 967 g/mol. The van der Waals surface area contributed by atoms with Gasteiger partial charge in [-0.15, -0.1) is 0 Å². The molecule has 8 amide bonds. The molecule has 378 valence electrons. The van der Waals surface area contributed by atoms with Crippen molar-refractivity contribution in [2.45, 2.75) is 122 Å². The van der Waals surface area contributed by atoms with Crippen molar-refractivity contribution in [3.05, 3.63) is 65.9 Å². The lowest BCUT2D eigenvalue weighted by Gasteiger charge is -2.30. The number of aliphatic hydroxyl groups is 2. The number of aliphatic hydroxyl groups excluding tert-OH is 2. The minimum absolute atomic E-state index is 0.00255. The lowest BCUT2D eigenvalue weighted by molar-refractivity contribution is -0.142. The Hall–Kier alpha value is -7.11. The zero-order valence-electron chi connectivity index (χ0n) is 39.2. The molecule has 23 nitrogen and oxygen atoms in total. The summed E-state index contributed by atoms with van der Waals surface area (Å²) in [6.45, 7) is 6.57. The van der Waals surface area contributed by atoms with Crippen LogP contribution in [0.1, 0.15) is 71.4 Å². The third kappa shape index (κ3) is 17.5. The van der Waals surface area contributed by atoms with Crippen LogP contribution in [0.15, 0.2) is 54.7 Å². The quantitative estimate of drug-likeness (QED) is 0.0368. The van der Waals surface area contributed by atoms with Crippen LogP contribution in [0.5, 0.6) is 5.75 Å². The van der Waals surface area contributed by atoms with E-state index in [0.29, 0.717) is 28.5 Å². The Morgan fingerprint density at radius 1 is 0.667 bits per heavy atom. The SMILES string of the molecule is CC[C@H](C)[C@H](NC(=O)[C@H](CCC(N)=O)NC(=O)CN)C(=O)N[C@@H](CC(C)C)C(=O)N[C@@H](CO)C(=O)N[C@H](C(=O)N[C@@H](Cc1c[nH]c2ccccc12)C(=O)N[C@@H](Cc1ccc(O)cc1)C(=O)O)[C@@H](C)O. The lowest BCUT2D eigenvalue weighted by Crippen LogP contribution is -2.62. The first-order chi connectivity index (χ1) is 32.6. The zero-order chi connectivity index (χ0) is 51.5. The fourth-order valence-electron chi connectivity index (χ4n) is 7.19. The van der Waals surface area contributed by atoms with Gasteiger partial charge in [0.25, 0.3) is 0 Å². The number of rotatable bonds is 28. The number of nitrogens with two attached hydrogens (primary N) is 2. The van der Waals surface area contributed by atoms with Gasteiger partial charge in [-0.05, 0) is 60.9 Å². The molecule has 23 heteroatoms. The molecule has 1 aromatic heterocycles. The fourth-order valence-corrected chi connectivity index (χ4v) is 7.19. The molecule has 0 saturated carbocycles. The van der Waals surface area contributed by atoms with Crippen LogP contribution < -0.4 is 48.7 Å². The van der Waals surface area contributed by atoms with Crippen LogP contribution in [-0.4, -0.2) is 140 Å². The molecule has 9 atom stereocenters. The van der Waals surface area contributed by atoms with Crippen LogP contribution in [0.2, 0.25) is 0 Å². The van der Waals surface area contributed by atoms with Gasteiger partial charge < -0.3 is 74.1 Å². The van der Waals surface area contributed by atoms with Crippen LogP contribution >= 0.6 is 0 Å². The van der Waals surface area contributed by atoms with Crippen LogP contribution in [0.4, 0.5) is 0 Å². The molecule has 0 spiro atoms. The van der Waals surface area contributed by atoms with Gasteiger partial charge in [0.2, 0.25) is 47.3 Å². The van der Waals surface area contributed by atoms with E-state index in [1.807, 2.05) is 0 Å². The number of carbonyl (C=O) groups is 9. The number of carbonyl (C=O) groups excluding carboxylic acids is 8. The summed E-state index contributed by atoms with van der Waals surface area (Å²) < 4.78 is 0. The van der Waals surface area contributed by atoms with Crippen LogP contribution in [0.3, 0.4) is 0 Å². The predicted octanol–water partition coefficient (Wildman–Crippen LogP) is -2.17. The highest BCUT2D eigenvalue weighted by molar-refractivity contribution is 5.98. The number of aliphatic carboxylic acids is 1. The Morgan fingerprint density at radius 3 is 1.80 bits per heavy atom. The second kappa shape index (κ2) is 27.0. The first-order valence-corrected chi connectivity index (χ1v) is 22.5. The van der Waals surface area contributed by atoms with E-state index in [1.165, 1.54) is 24.3 Å². The summed E-state index contributed by atoms with van der Waals surface area (Å²) in [5, 5.41) is 58.7. The average Bonchev–Trinajstić information content (AvgIpc) is 3.71. The van der Waals surface area contributed by atoms with Crippen molar-refractivity contribution >= 4 is 64.1 Å². The minimum Gasteiger partial charge on any atom is -0.508 e. The highest BCUT2D eigenvalue weighted by Crippen LogP contribution is 2.20. The molecule has 0 fully saturated rings. The number of hydrogen-bond acceptors (Lipinski definition) is 13. The topological polar surface area (TPSA) is 387 Å². The molecule has 0 bridgehead atoms. The number of primary amides is 1. The number of aromatic hydroxyl groups is 1. The van der Waals surface area contributed by atoms with E-state index < -0.39 is 121 Å². The predicted molar refractivity (Wildman–Crippen MR) is 250 cm³/mol. The van der Waals surface area contributed by atoms with Crippen molar-refractivity contribution in [1.82, 2.24) is 42.2 Å². The van der Waals surface area contributed by atoms with Crippen LogP contribution in [-0.2, 0) is 56.0 Å². The fraction of sp³-hybridized carbons (Fsp3) is 0.500. The van der Waals surface area contributed by atoms with Crippen molar-refractivity contribution in [2.24, 2.45) is 23.3 Å². The molecule has 0 unspecified atom stereocenters. The van der Waals surface area contributed by atoms with Crippen molar-refractivity contribution < 1.29 is 63.6 Å². The Bertz CT molecular complexity index is 2270. The summed E-state index contributed by atoms with van der Waals surface area (Å²) in [6.07, 6.45) is -0.509. The number of para-hydroxylation sites is 1. The summed E-state index contributed by atoms with van der Waals surface area (Å²) in [6, 6.07) is 2.31. The maximum absolute atomic E-state index is 14.0. The van der Waals surface area contributed by atoms with E-state index in [-0.39, 0.29) is 43.8 Å². The van der Waals surface area contributed by atoms with E-state index >= 15 is 0 Å². The number of carboxylic acids is 1. The highest BCUT2D eigenvalue weighted by Gasteiger charge is 2.36. The molecule has 0 aliphatic rings. The second-order valence-corrected chi connectivity index (χ2v) is 17.3. The maximum atomic E-state index is 14.0. The monoisotopic (exact) mass is 966 g/mol. The number of aromatic nitrogens is 1. The van der Waals surface area contributed by atoms with E-state index in [9.17, 15) is 63.6 Å². The number of nitrogens with one attached hydrogen (secondary N) is 8. The summed E-state index contributed by atoms with van der Waals surface area (Å²) in [7, 11) is 0. The van der Waals surface area contributed by atoms with Gasteiger partial charge in [-0.25, -0.2) is 4.79 Å². The number of fused-ring (bicyclic) bond motifs is 1. The van der Waals surface area contributed by atoms with Crippen molar-refractivity contribution in [3.8, 4) is 5.75 Å². The lowest BCUT2D eigenvalue weighted by atomic mass is 9.96. The maximum Gasteiger partial charge on any atom is 0.326 e. The summed E-state index contributed by atoms with van der Waals surface area (Å²) in [5.41, 5.74) is 12.4. The standard InChI is InChI=1S/C46H66N10O13/c1-6-24(4)38(55-40(62)31(15-16-36(48)60)50-37(61)20-47)44(66)51-32(17-23(2)3)41(63)54-35(22-57)43(65)56-39(25(5)58)45(67)52-33(19-27-21-49-30-10-8-7-9-29(27)30)42(64)53-34(46(68)69)18-26-11-13-28(59)14-12-26/h7-14,21,23-25,31-35,38-39,49,57-59H,6,15-20,22,47H2,1-5H3,(H2,48,60)(H,50,61)(H,51,66)(H,52,67)(H,53,64)(H,54,63)(H,55,62)(H,56,65)(H,68,69)/t24-,25+,31-,32-,33-,34-,35-,38-,39-/m0/s1. The van der Waals surface area contributed by atoms with E-state index in [4.69, 9.17) is 11.5 Å². The van der Waals surface area contributed by atoms with Gasteiger partial charge in [-0.2, -0.15) is 0 Å². The molecule has 2 aromatic carbocycles. The van der Waals surface area contributed by atoms with Gasteiger partial charge in [0, 0.05) is 36.4 Å². The van der Waals surface area contributed by atoms with Crippen LogP contribution in [0, 0.1) is 11.8 Å². The molecular formula is C46H66N10O13. The number of H-pyrrole nitrogens is 1. The van der Waals surface area contributed by atoms with E-state index in [0.717, 1.165) is 6.92 Å². The molecule has 0 aliphatic carbocycles. The van der Waals surface area contributed by atoms with Gasteiger partial charge in [-0.1, -0.05) is 64.4 Å².